The fraction of sp³-hybridized carbons (Fsp3) is 0.300. The Morgan fingerprint density at radius 3 is 2.38 bits per heavy atom. The van der Waals surface area contributed by atoms with Crippen molar-refractivity contribution < 1.29 is 22.7 Å². The highest BCUT2D eigenvalue weighted by Crippen LogP contribution is 2.14. The van der Waals surface area contributed by atoms with Crippen LogP contribution in [0.1, 0.15) is 39.1 Å². The van der Waals surface area contributed by atoms with Gasteiger partial charge in [0.05, 0.1) is 11.0 Å². The molecule has 0 unspecified atom stereocenters. The van der Waals surface area contributed by atoms with Gasteiger partial charge in [-0.3, -0.25) is 20.4 Å². The first-order valence-electron chi connectivity index (χ1n) is 9.24. The maximum atomic E-state index is 12.3. The second kappa shape index (κ2) is 9.17. The van der Waals surface area contributed by atoms with Crippen LogP contribution in [-0.2, 0) is 14.8 Å². The number of sulfonamides is 1. The lowest BCUT2D eigenvalue weighted by molar-refractivity contribution is 0.0846. The average molecular weight is 417 g/mol. The first-order chi connectivity index (χ1) is 13.9. The summed E-state index contributed by atoms with van der Waals surface area (Å²) in [5.41, 5.74) is 6.12. The minimum Gasteiger partial charge on any atom is -0.377 e. The van der Waals surface area contributed by atoms with Crippen LogP contribution in [0.2, 0.25) is 0 Å². The van der Waals surface area contributed by atoms with Gasteiger partial charge >= 0.3 is 0 Å². The maximum Gasteiger partial charge on any atom is 0.269 e. The Hall–Kier alpha value is -2.75. The highest BCUT2D eigenvalue weighted by molar-refractivity contribution is 7.89. The summed E-state index contributed by atoms with van der Waals surface area (Å²) < 4.78 is 32.6. The molecule has 2 aromatic rings. The van der Waals surface area contributed by atoms with Crippen molar-refractivity contribution in [1.29, 1.82) is 0 Å². The lowest BCUT2D eigenvalue weighted by Gasteiger charge is -2.12. The van der Waals surface area contributed by atoms with Gasteiger partial charge in [0.15, 0.2) is 0 Å². The predicted octanol–water partition coefficient (Wildman–Crippen LogP) is 1.53. The van der Waals surface area contributed by atoms with Crippen molar-refractivity contribution in [3.63, 3.8) is 0 Å². The third-order valence-electron chi connectivity index (χ3n) is 4.63. The summed E-state index contributed by atoms with van der Waals surface area (Å²) in [7, 11) is -3.69. The fourth-order valence-corrected chi connectivity index (χ4v) is 4.02. The Balaban J connectivity index is 1.56. The molecule has 3 rings (SSSR count). The molecule has 0 radical (unpaired) electrons. The molecule has 29 heavy (non-hydrogen) atoms. The van der Waals surface area contributed by atoms with Crippen molar-refractivity contribution in [2.24, 2.45) is 0 Å². The van der Waals surface area contributed by atoms with E-state index in [0.29, 0.717) is 12.2 Å². The smallest absolute Gasteiger partial charge is 0.269 e. The molecule has 3 N–H and O–H groups in total. The molecule has 8 nitrogen and oxygen atoms in total. The van der Waals surface area contributed by atoms with Gasteiger partial charge in [0.25, 0.3) is 11.8 Å². The Bertz CT molecular complexity index is 983. The van der Waals surface area contributed by atoms with E-state index in [2.05, 4.69) is 15.6 Å². The van der Waals surface area contributed by atoms with Crippen molar-refractivity contribution >= 4 is 21.8 Å². The summed E-state index contributed by atoms with van der Waals surface area (Å²) in [5, 5.41) is 0. The van der Waals surface area contributed by atoms with Crippen molar-refractivity contribution in [3.8, 4) is 0 Å². The third-order valence-corrected chi connectivity index (χ3v) is 6.07. The standard InChI is InChI=1S/C20H23N3O5S/c1-14-5-2-3-7-18(14)20(25)23-22-19(24)15-8-10-17(11-9-15)29(26,27)21-13-16-6-4-12-28-16/h2-3,5,7-11,16,21H,4,6,12-13H2,1H3,(H,22,24)(H,23,25)/t16-/m0/s1. The van der Waals surface area contributed by atoms with E-state index < -0.39 is 21.8 Å². The van der Waals surface area contributed by atoms with Crippen molar-refractivity contribution in [1.82, 2.24) is 15.6 Å². The monoisotopic (exact) mass is 417 g/mol. The maximum absolute atomic E-state index is 12.3. The minimum atomic E-state index is -3.69. The molecule has 1 aliphatic rings. The molecule has 2 amide bonds. The SMILES string of the molecule is Cc1ccccc1C(=O)NNC(=O)c1ccc(S(=O)(=O)NC[C@@H]2CCCO2)cc1. The summed E-state index contributed by atoms with van der Waals surface area (Å²) in [6.07, 6.45) is 1.65. The van der Waals surface area contributed by atoms with E-state index in [-0.39, 0.29) is 23.1 Å². The van der Waals surface area contributed by atoms with E-state index in [0.717, 1.165) is 18.4 Å². The number of hydrogen-bond acceptors (Lipinski definition) is 5. The van der Waals surface area contributed by atoms with Gasteiger partial charge in [0, 0.05) is 24.3 Å². The number of hydrazine groups is 1. The van der Waals surface area contributed by atoms with Crippen LogP contribution < -0.4 is 15.6 Å². The number of carbonyl (C=O) groups excluding carboxylic acids is 2. The van der Waals surface area contributed by atoms with Crippen LogP contribution in [0.15, 0.2) is 53.4 Å². The van der Waals surface area contributed by atoms with Gasteiger partial charge in [0.1, 0.15) is 0 Å². The number of rotatable bonds is 6. The molecule has 1 atom stereocenters. The zero-order valence-electron chi connectivity index (χ0n) is 16.0. The van der Waals surface area contributed by atoms with E-state index in [1.165, 1.54) is 24.3 Å². The number of aryl methyl sites for hydroxylation is 1. The largest absolute Gasteiger partial charge is 0.377 e. The number of hydrogen-bond donors (Lipinski definition) is 3. The van der Waals surface area contributed by atoms with Gasteiger partial charge in [-0.25, -0.2) is 13.1 Å². The van der Waals surface area contributed by atoms with Crippen LogP contribution in [0, 0.1) is 6.92 Å². The quantitative estimate of drug-likeness (QED) is 0.617. The molecule has 0 aliphatic carbocycles. The molecule has 9 heteroatoms. The highest BCUT2D eigenvalue weighted by Gasteiger charge is 2.20. The van der Waals surface area contributed by atoms with E-state index in [1.54, 1.807) is 25.1 Å². The summed E-state index contributed by atoms with van der Waals surface area (Å²) >= 11 is 0. The van der Waals surface area contributed by atoms with Gasteiger partial charge < -0.3 is 4.74 Å². The number of ether oxygens (including phenoxy) is 1. The lowest BCUT2D eigenvalue weighted by atomic mass is 10.1. The van der Waals surface area contributed by atoms with E-state index in [9.17, 15) is 18.0 Å². The van der Waals surface area contributed by atoms with Crippen LogP contribution in [0.5, 0.6) is 0 Å². The van der Waals surface area contributed by atoms with Crippen molar-refractivity contribution in [2.45, 2.75) is 30.8 Å². The second-order valence-corrected chi connectivity index (χ2v) is 8.50. The topological polar surface area (TPSA) is 114 Å². The number of amides is 2. The summed E-state index contributed by atoms with van der Waals surface area (Å²) in [6.45, 7) is 2.66. The molecule has 2 aromatic carbocycles. The zero-order chi connectivity index (χ0) is 20.9. The van der Waals surface area contributed by atoms with Crippen molar-refractivity contribution in [2.75, 3.05) is 13.2 Å². The molecule has 1 saturated heterocycles. The van der Waals surface area contributed by atoms with Gasteiger partial charge in [-0.15, -0.1) is 0 Å². The van der Waals surface area contributed by atoms with Crippen molar-refractivity contribution in [3.05, 3.63) is 65.2 Å². The molecule has 1 aliphatic heterocycles. The van der Waals surface area contributed by atoms with E-state index >= 15 is 0 Å². The molecule has 0 aromatic heterocycles. The molecule has 0 saturated carbocycles. The van der Waals surface area contributed by atoms with Crippen LogP contribution >= 0.6 is 0 Å². The second-order valence-electron chi connectivity index (χ2n) is 6.73. The van der Waals surface area contributed by atoms with Crippen LogP contribution in [-0.4, -0.2) is 39.5 Å². The molecular formula is C20H23N3O5S. The number of carbonyl (C=O) groups is 2. The summed E-state index contributed by atoms with van der Waals surface area (Å²) in [4.78, 5) is 24.4. The van der Waals surface area contributed by atoms with Crippen LogP contribution in [0.25, 0.3) is 0 Å². The van der Waals surface area contributed by atoms with Gasteiger partial charge in [-0.2, -0.15) is 0 Å². The highest BCUT2D eigenvalue weighted by atomic mass is 32.2. The predicted molar refractivity (Wildman–Crippen MR) is 107 cm³/mol. The normalized spacial score (nSPS) is 16.4. The van der Waals surface area contributed by atoms with Gasteiger partial charge in [-0.1, -0.05) is 18.2 Å². The Kier molecular flexibility index (Phi) is 6.63. The van der Waals surface area contributed by atoms with Gasteiger partial charge in [-0.05, 0) is 55.7 Å². The number of benzene rings is 2. The van der Waals surface area contributed by atoms with E-state index in [1.807, 2.05) is 6.07 Å². The first kappa shape index (κ1) is 21.0. The zero-order valence-corrected chi connectivity index (χ0v) is 16.8. The first-order valence-corrected chi connectivity index (χ1v) is 10.7. The lowest BCUT2D eigenvalue weighted by Crippen LogP contribution is -2.41. The van der Waals surface area contributed by atoms with Crippen LogP contribution in [0.4, 0.5) is 0 Å². The van der Waals surface area contributed by atoms with Gasteiger partial charge in [0.2, 0.25) is 10.0 Å². The molecule has 1 fully saturated rings. The Morgan fingerprint density at radius 1 is 1.03 bits per heavy atom. The third kappa shape index (κ3) is 5.41. The summed E-state index contributed by atoms with van der Waals surface area (Å²) in [5.74, 6) is -0.989. The minimum absolute atomic E-state index is 0.0518. The van der Waals surface area contributed by atoms with E-state index in [4.69, 9.17) is 4.74 Å². The number of nitrogens with one attached hydrogen (secondary N) is 3. The molecule has 0 spiro atoms. The Labute approximate surface area is 169 Å². The molecule has 1 heterocycles. The summed E-state index contributed by atoms with van der Waals surface area (Å²) in [6, 6.07) is 12.5. The molecule has 154 valence electrons. The average Bonchev–Trinajstić information content (AvgIpc) is 3.24. The molecular weight excluding hydrogens is 394 g/mol. The fourth-order valence-electron chi connectivity index (χ4n) is 2.96. The Morgan fingerprint density at radius 2 is 1.72 bits per heavy atom. The molecule has 0 bridgehead atoms. The van der Waals surface area contributed by atoms with Crippen LogP contribution in [0.3, 0.4) is 0 Å².